The highest BCUT2D eigenvalue weighted by atomic mass is 35.5. The Bertz CT molecular complexity index is 1440. The van der Waals surface area contributed by atoms with E-state index >= 15 is 4.39 Å². The van der Waals surface area contributed by atoms with Crippen molar-refractivity contribution >= 4 is 23.2 Å². The first-order valence-corrected chi connectivity index (χ1v) is 10.2. The third-order valence-electron chi connectivity index (χ3n) is 5.40. The third-order valence-corrected chi connectivity index (χ3v) is 5.71. The summed E-state index contributed by atoms with van der Waals surface area (Å²) in [7, 11) is 0. The van der Waals surface area contributed by atoms with E-state index in [9.17, 15) is 4.39 Å². The smallest absolute Gasteiger partial charge is 0.240 e. The zero-order valence-corrected chi connectivity index (χ0v) is 17.6. The first kappa shape index (κ1) is 20.1. The molecule has 2 aromatic carbocycles. The Labute approximate surface area is 186 Å². The van der Waals surface area contributed by atoms with Gasteiger partial charge in [0.05, 0.1) is 17.3 Å². The van der Waals surface area contributed by atoms with Crippen molar-refractivity contribution in [2.24, 2.45) is 0 Å². The van der Waals surface area contributed by atoms with Crippen molar-refractivity contribution in [1.29, 1.82) is 0 Å². The molecule has 0 unspecified atom stereocenters. The van der Waals surface area contributed by atoms with E-state index in [-0.39, 0.29) is 28.4 Å². The molecule has 0 saturated carbocycles. The number of hydrogen-bond acceptors (Lipinski definition) is 4. The number of nitrogen functional groups attached to an aromatic ring is 1. The third kappa shape index (κ3) is 3.48. The number of anilines is 1. The molecular weight excluding hydrogens is 434 g/mol. The van der Waals surface area contributed by atoms with Crippen molar-refractivity contribution in [3.63, 3.8) is 0 Å². The second-order valence-corrected chi connectivity index (χ2v) is 7.82. The van der Waals surface area contributed by atoms with E-state index in [1.54, 1.807) is 59.7 Å². The van der Waals surface area contributed by atoms with Crippen LogP contribution in [0, 0.1) is 11.6 Å². The van der Waals surface area contributed by atoms with Gasteiger partial charge in [0.1, 0.15) is 11.6 Å². The van der Waals surface area contributed by atoms with Crippen molar-refractivity contribution in [3.05, 3.63) is 89.3 Å². The van der Waals surface area contributed by atoms with Gasteiger partial charge in [0.2, 0.25) is 5.95 Å². The van der Waals surface area contributed by atoms with Gasteiger partial charge in [0, 0.05) is 29.1 Å². The molecule has 2 N–H and O–H groups in total. The molecular formula is C23H17ClF2N6. The molecule has 0 aliphatic rings. The number of nitrogens with two attached hydrogens (primary N) is 1. The number of halogens is 3. The SMILES string of the molecule is C[C@H](c1ccc(F)cc1)n1cc(-c2c(Cl)ccc(-c3ccn4nc(N)nc4c3)c2F)cn1. The number of benzene rings is 2. The predicted octanol–water partition coefficient (Wildman–Crippen LogP) is 5.38. The van der Waals surface area contributed by atoms with Crippen LogP contribution in [0.25, 0.3) is 27.9 Å². The topological polar surface area (TPSA) is 74.0 Å². The number of hydrogen-bond donors (Lipinski definition) is 1. The Hall–Kier alpha value is -3.78. The number of pyridine rings is 1. The summed E-state index contributed by atoms with van der Waals surface area (Å²) in [4.78, 5) is 4.13. The average molecular weight is 451 g/mol. The van der Waals surface area contributed by atoms with Crippen molar-refractivity contribution in [1.82, 2.24) is 24.4 Å². The minimum Gasteiger partial charge on any atom is -0.366 e. The van der Waals surface area contributed by atoms with Crippen LogP contribution in [0.4, 0.5) is 14.7 Å². The lowest BCUT2D eigenvalue weighted by molar-refractivity contribution is 0.561. The minimum atomic E-state index is -0.469. The molecule has 5 aromatic rings. The maximum atomic E-state index is 15.7. The second-order valence-electron chi connectivity index (χ2n) is 7.41. The van der Waals surface area contributed by atoms with Crippen LogP contribution in [0.1, 0.15) is 18.5 Å². The summed E-state index contributed by atoms with van der Waals surface area (Å²) < 4.78 is 32.1. The van der Waals surface area contributed by atoms with Gasteiger partial charge in [-0.15, -0.1) is 5.10 Å². The molecule has 1 atom stereocenters. The lowest BCUT2D eigenvalue weighted by Gasteiger charge is -2.13. The maximum Gasteiger partial charge on any atom is 0.240 e. The molecule has 32 heavy (non-hydrogen) atoms. The van der Waals surface area contributed by atoms with Gasteiger partial charge < -0.3 is 5.73 Å². The van der Waals surface area contributed by atoms with E-state index in [2.05, 4.69) is 15.2 Å². The summed E-state index contributed by atoms with van der Waals surface area (Å²) in [6.45, 7) is 1.93. The minimum absolute atomic E-state index is 0.141. The number of rotatable bonds is 4. The number of nitrogens with zero attached hydrogens (tertiary/aromatic N) is 5. The van der Waals surface area contributed by atoms with Crippen LogP contribution in [0.5, 0.6) is 0 Å². The molecule has 3 heterocycles. The fraction of sp³-hybridized carbons (Fsp3) is 0.0870. The summed E-state index contributed by atoms with van der Waals surface area (Å²) in [5.41, 5.74) is 8.81. The van der Waals surface area contributed by atoms with E-state index in [1.807, 2.05) is 6.92 Å². The molecule has 0 radical (unpaired) electrons. The monoisotopic (exact) mass is 450 g/mol. The predicted molar refractivity (Wildman–Crippen MR) is 119 cm³/mol. The first-order chi connectivity index (χ1) is 15.4. The molecule has 0 aliphatic carbocycles. The number of fused-ring (bicyclic) bond motifs is 1. The molecule has 0 fully saturated rings. The van der Waals surface area contributed by atoms with Crippen LogP contribution in [0.15, 0.2) is 67.1 Å². The molecule has 3 aromatic heterocycles. The lowest BCUT2D eigenvalue weighted by atomic mass is 10.00. The first-order valence-electron chi connectivity index (χ1n) is 9.81. The average Bonchev–Trinajstić information content (AvgIpc) is 3.39. The molecule has 6 nitrogen and oxygen atoms in total. The molecule has 160 valence electrons. The van der Waals surface area contributed by atoms with E-state index in [0.29, 0.717) is 22.3 Å². The molecule has 0 bridgehead atoms. The molecule has 5 rings (SSSR count). The molecule has 0 spiro atoms. The summed E-state index contributed by atoms with van der Waals surface area (Å²) in [5.74, 6) is -0.634. The van der Waals surface area contributed by atoms with Gasteiger partial charge in [-0.2, -0.15) is 10.1 Å². The highest BCUT2D eigenvalue weighted by Gasteiger charge is 2.19. The van der Waals surface area contributed by atoms with Crippen molar-refractivity contribution in [2.45, 2.75) is 13.0 Å². The van der Waals surface area contributed by atoms with E-state index in [1.165, 1.54) is 16.6 Å². The Balaban J connectivity index is 1.55. The van der Waals surface area contributed by atoms with Crippen molar-refractivity contribution < 1.29 is 8.78 Å². The highest BCUT2D eigenvalue weighted by Crippen LogP contribution is 2.37. The Kier molecular flexibility index (Phi) is 4.86. The fourth-order valence-electron chi connectivity index (χ4n) is 3.68. The normalized spacial score (nSPS) is 12.4. The molecule has 0 aliphatic heterocycles. The van der Waals surface area contributed by atoms with E-state index in [0.717, 1.165) is 5.56 Å². The second kappa shape index (κ2) is 7.72. The van der Waals surface area contributed by atoms with Gasteiger partial charge >= 0.3 is 0 Å². The molecule has 0 amide bonds. The maximum absolute atomic E-state index is 15.7. The lowest BCUT2D eigenvalue weighted by Crippen LogP contribution is -2.06. The Morgan fingerprint density at radius 1 is 1.03 bits per heavy atom. The van der Waals surface area contributed by atoms with Gasteiger partial charge in [-0.1, -0.05) is 23.7 Å². The van der Waals surface area contributed by atoms with Gasteiger partial charge in [-0.25, -0.2) is 13.3 Å². The van der Waals surface area contributed by atoms with Crippen LogP contribution < -0.4 is 5.73 Å². The molecule has 0 saturated heterocycles. The van der Waals surface area contributed by atoms with Gasteiger partial charge in [-0.05, 0) is 54.4 Å². The summed E-state index contributed by atoms with van der Waals surface area (Å²) >= 11 is 6.38. The van der Waals surface area contributed by atoms with E-state index in [4.69, 9.17) is 17.3 Å². The zero-order valence-electron chi connectivity index (χ0n) is 16.9. The Morgan fingerprint density at radius 3 is 2.59 bits per heavy atom. The van der Waals surface area contributed by atoms with Crippen LogP contribution in [-0.2, 0) is 0 Å². The summed E-state index contributed by atoms with van der Waals surface area (Å²) in [6, 6.07) is 12.7. The summed E-state index contributed by atoms with van der Waals surface area (Å²) in [6.07, 6.45) is 4.96. The quantitative estimate of drug-likeness (QED) is 0.398. The number of aromatic nitrogens is 5. The zero-order chi connectivity index (χ0) is 22.4. The van der Waals surface area contributed by atoms with Crippen molar-refractivity contribution in [2.75, 3.05) is 5.73 Å². The summed E-state index contributed by atoms with van der Waals surface area (Å²) in [5, 5.41) is 8.69. The van der Waals surface area contributed by atoms with Crippen LogP contribution in [0.3, 0.4) is 0 Å². The van der Waals surface area contributed by atoms with Gasteiger partial charge in [0.25, 0.3) is 0 Å². The van der Waals surface area contributed by atoms with Crippen LogP contribution >= 0.6 is 11.6 Å². The van der Waals surface area contributed by atoms with Crippen LogP contribution in [-0.4, -0.2) is 24.4 Å². The van der Waals surface area contributed by atoms with Crippen molar-refractivity contribution in [3.8, 4) is 22.3 Å². The largest absolute Gasteiger partial charge is 0.366 e. The van der Waals surface area contributed by atoms with Gasteiger partial charge in [0.15, 0.2) is 5.65 Å². The van der Waals surface area contributed by atoms with Crippen LogP contribution in [0.2, 0.25) is 5.02 Å². The van der Waals surface area contributed by atoms with E-state index < -0.39 is 5.82 Å². The highest BCUT2D eigenvalue weighted by molar-refractivity contribution is 6.33. The van der Waals surface area contributed by atoms with Gasteiger partial charge in [-0.3, -0.25) is 4.68 Å². The fourth-order valence-corrected chi connectivity index (χ4v) is 3.93. The Morgan fingerprint density at radius 2 is 1.81 bits per heavy atom. The standard InChI is InChI=1S/C23H17ClF2N6/c1-13(14-2-4-17(25)5-3-14)32-12-16(11-28-32)21-19(24)7-6-18(22(21)26)15-8-9-31-20(10-15)29-23(27)30-31/h2-13H,1H3,(H2,27,30)/t13-/m1/s1. The molecule has 9 heteroatoms.